The smallest absolute Gasteiger partial charge is 0.257 e. The van der Waals surface area contributed by atoms with Gasteiger partial charge in [-0.3, -0.25) is 4.79 Å². The van der Waals surface area contributed by atoms with Gasteiger partial charge in [-0.05, 0) is 30.5 Å². The number of sulfonamides is 1. The molecule has 120 valence electrons. The molecule has 22 heavy (non-hydrogen) atoms. The molecule has 0 radical (unpaired) electrons. The number of allylic oxidation sites excluding steroid dienone is 2. The van der Waals surface area contributed by atoms with Gasteiger partial charge >= 0.3 is 0 Å². The fourth-order valence-corrected chi connectivity index (χ4v) is 3.90. The van der Waals surface area contributed by atoms with Crippen LogP contribution in [-0.4, -0.2) is 61.9 Å². The monoisotopic (exact) mass is 324 g/mol. The van der Waals surface area contributed by atoms with Crippen molar-refractivity contribution in [3.8, 4) is 0 Å². The largest absolute Gasteiger partial charge is 0.338 e. The van der Waals surface area contributed by atoms with E-state index in [0.29, 0.717) is 31.8 Å². The van der Waals surface area contributed by atoms with Crippen molar-refractivity contribution in [1.29, 1.82) is 0 Å². The Bertz CT molecular complexity index is 695. The molecule has 1 unspecified atom stereocenters. The summed E-state index contributed by atoms with van der Waals surface area (Å²) >= 11 is 0. The molecule has 3 rings (SSSR count). The highest BCUT2D eigenvalue weighted by Gasteiger charge is 2.38. The second kappa shape index (κ2) is 5.20. The van der Waals surface area contributed by atoms with Crippen molar-refractivity contribution >= 4 is 21.8 Å². The van der Waals surface area contributed by atoms with Crippen molar-refractivity contribution in [2.45, 2.75) is 13.3 Å². The zero-order valence-electron chi connectivity index (χ0n) is 12.5. The van der Waals surface area contributed by atoms with Gasteiger partial charge in [-0.15, -0.1) is 4.40 Å². The molecule has 1 atom stereocenters. The molecule has 1 amide bonds. The molecule has 1 saturated heterocycles. The maximum absolute atomic E-state index is 12.8. The minimum atomic E-state index is -3.49. The number of amides is 1. The van der Waals surface area contributed by atoms with E-state index in [1.54, 1.807) is 28.2 Å². The Morgan fingerprint density at radius 3 is 2.91 bits per heavy atom. The summed E-state index contributed by atoms with van der Waals surface area (Å²) in [4.78, 5) is 16.2. The molecule has 3 aliphatic rings. The van der Waals surface area contributed by atoms with E-state index in [4.69, 9.17) is 5.73 Å². The van der Waals surface area contributed by atoms with Gasteiger partial charge in [0, 0.05) is 25.8 Å². The lowest BCUT2D eigenvalue weighted by Gasteiger charge is -2.30. The van der Waals surface area contributed by atoms with Crippen LogP contribution >= 0.6 is 0 Å². The molecule has 0 spiro atoms. The minimum absolute atomic E-state index is 0.0305. The molecule has 7 nitrogen and oxygen atoms in total. The number of nitrogens with two attached hydrogens (primary N) is 1. The topological polar surface area (TPSA) is 96.1 Å². The fraction of sp³-hybridized carbons (Fsp3) is 0.571. The predicted molar refractivity (Wildman–Crippen MR) is 83.5 cm³/mol. The summed E-state index contributed by atoms with van der Waals surface area (Å²) in [5.74, 6) is 0.0274. The first-order valence-corrected chi connectivity index (χ1v) is 8.92. The second-order valence-electron chi connectivity index (χ2n) is 6.31. The first-order valence-electron chi connectivity index (χ1n) is 7.31. The van der Waals surface area contributed by atoms with Crippen LogP contribution in [0.5, 0.6) is 0 Å². The van der Waals surface area contributed by atoms with E-state index in [0.717, 1.165) is 6.42 Å². The molecule has 1 fully saturated rings. The van der Waals surface area contributed by atoms with Crippen molar-refractivity contribution in [1.82, 2.24) is 9.80 Å². The number of nitrogens with zero attached hydrogens (tertiary/aromatic N) is 3. The van der Waals surface area contributed by atoms with Gasteiger partial charge in [0.25, 0.3) is 15.9 Å². The highest BCUT2D eigenvalue weighted by molar-refractivity contribution is 7.90. The lowest BCUT2D eigenvalue weighted by molar-refractivity contribution is -0.126. The standard InChI is InChI=1S/C14H20N4O3S/c1-14(9-15)4-6-18(10-14)13(19)11-3-2-5-17-7-8-22(20,21)16-12(11)17/h2-3,5H,4,6-10,15H2,1H3. The van der Waals surface area contributed by atoms with Gasteiger partial charge in [0.15, 0.2) is 5.84 Å². The van der Waals surface area contributed by atoms with Crippen molar-refractivity contribution in [2.75, 3.05) is 31.9 Å². The second-order valence-corrected chi connectivity index (χ2v) is 8.06. The molecular weight excluding hydrogens is 304 g/mol. The molecular formula is C14H20N4O3S. The first-order chi connectivity index (χ1) is 10.3. The van der Waals surface area contributed by atoms with Crippen LogP contribution in [0.3, 0.4) is 0 Å². The summed E-state index contributed by atoms with van der Waals surface area (Å²) in [5.41, 5.74) is 6.05. The van der Waals surface area contributed by atoms with Gasteiger partial charge in [0.2, 0.25) is 0 Å². The molecule has 8 heteroatoms. The number of likely N-dealkylation sites (tertiary alicyclic amines) is 1. The number of fused-ring (bicyclic) bond motifs is 1. The maximum Gasteiger partial charge on any atom is 0.257 e. The summed E-state index contributed by atoms with van der Waals surface area (Å²) in [7, 11) is -3.49. The molecule has 0 aromatic carbocycles. The maximum atomic E-state index is 12.8. The van der Waals surface area contributed by atoms with Crippen LogP contribution in [0, 0.1) is 5.41 Å². The SMILES string of the molecule is CC1(CN)CCN(C(=O)C2=CC=CN3CCS(=O)(=O)N=C23)C1. The summed E-state index contributed by atoms with van der Waals surface area (Å²) in [6, 6.07) is 0. The lowest BCUT2D eigenvalue weighted by Crippen LogP contribution is -2.43. The van der Waals surface area contributed by atoms with Crippen LogP contribution < -0.4 is 5.73 Å². The molecule has 3 aliphatic heterocycles. The summed E-state index contributed by atoms with van der Waals surface area (Å²) in [6.45, 7) is 4.13. The van der Waals surface area contributed by atoms with E-state index in [2.05, 4.69) is 11.3 Å². The highest BCUT2D eigenvalue weighted by Crippen LogP contribution is 2.30. The quantitative estimate of drug-likeness (QED) is 0.751. The van der Waals surface area contributed by atoms with Gasteiger partial charge in [-0.2, -0.15) is 0 Å². The molecule has 0 aromatic heterocycles. The molecule has 0 aromatic rings. The Hall–Kier alpha value is -1.67. The number of carbonyl (C=O) groups is 1. The van der Waals surface area contributed by atoms with Crippen LogP contribution in [0.25, 0.3) is 0 Å². The Morgan fingerprint density at radius 1 is 1.45 bits per heavy atom. The Kier molecular flexibility index (Phi) is 3.60. The number of carbonyl (C=O) groups excluding carboxylic acids is 1. The van der Waals surface area contributed by atoms with Gasteiger partial charge in [-0.1, -0.05) is 6.92 Å². The van der Waals surface area contributed by atoms with Crippen LogP contribution in [-0.2, 0) is 14.8 Å². The predicted octanol–water partition coefficient (Wildman–Crippen LogP) is -0.319. The molecule has 0 saturated carbocycles. The summed E-state index contributed by atoms with van der Waals surface area (Å²) in [5, 5.41) is 0. The zero-order valence-corrected chi connectivity index (χ0v) is 13.3. The van der Waals surface area contributed by atoms with E-state index in [1.165, 1.54) is 0 Å². The number of hydrogen-bond acceptors (Lipinski definition) is 5. The summed E-state index contributed by atoms with van der Waals surface area (Å²) in [6.07, 6.45) is 5.99. The van der Waals surface area contributed by atoms with Crippen LogP contribution in [0.1, 0.15) is 13.3 Å². The molecule has 0 aliphatic carbocycles. The van der Waals surface area contributed by atoms with Gasteiger partial charge in [0.05, 0.1) is 11.3 Å². The van der Waals surface area contributed by atoms with Crippen molar-refractivity contribution in [2.24, 2.45) is 15.5 Å². The fourth-order valence-electron chi connectivity index (χ4n) is 2.92. The minimum Gasteiger partial charge on any atom is -0.338 e. The number of rotatable bonds is 2. The highest BCUT2D eigenvalue weighted by atomic mass is 32.2. The Labute approximate surface area is 130 Å². The third-order valence-electron chi connectivity index (χ3n) is 4.43. The normalized spacial score (nSPS) is 29.9. The first kappa shape index (κ1) is 15.2. The van der Waals surface area contributed by atoms with Crippen molar-refractivity contribution in [3.63, 3.8) is 0 Å². The van der Waals surface area contributed by atoms with Crippen LogP contribution in [0.2, 0.25) is 0 Å². The average Bonchev–Trinajstić information content (AvgIpc) is 2.88. The van der Waals surface area contributed by atoms with Gasteiger partial charge in [0.1, 0.15) is 0 Å². The third-order valence-corrected chi connectivity index (χ3v) is 5.58. The Morgan fingerprint density at radius 2 is 2.23 bits per heavy atom. The van der Waals surface area contributed by atoms with Gasteiger partial charge < -0.3 is 15.5 Å². The number of amidine groups is 1. The molecule has 2 N–H and O–H groups in total. The zero-order chi connectivity index (χ0) is 16.0. The van der Waals surface area contributed by atoms with Crippen molar-refractivity contribution < 1.29 is 13.2 Å². The third kappa shape index (κ3) is 2.68. The average molecular weight is 324 g/mol. The Balaban J connectivity index is 1.88. The van der Waals surface area contributed by atoms with Crippen LogP contribution in [0.15, 0.2) is 28.3 Å². The van der Waals surface area contributed by atoms with Crippen molar-refractivity contribution in [3.05, 3.63) is 23.9 Å². The lowest BCUT2D eigenvalue weighted by atomic mass is 9.90. The molecule has 3 heterocycles. The van der Waals surface area contributed by atoms with E-state index < -0.39 is 10.0 Å². The van der Waals surface area contributed by atoms with E-state index in [9.17, 15) is 13.2 Å². The van der Waals surface area contributed by atoms with E-state index in [1.807, 2.05) is 0 Å². The van der Waals surface area contributed by atoms with Crippen LogP contribution in [0.4, 0.5) is 0 Å². The molecule has 0 bridgehead atoms. The van der Waals surface area contributed by atoms with E-state index >= 15 is 0 Å². The summed E-state index contributed by atoms with van der Waals surface area (Å²) < 4.78 is 27.3. The van der Waals surface area contributed by atoms with Gasteiger partial charge in [-0.25, -0.2) is 8.42 Å². The number of hydrogen-bond donors (Lipinski definition) is 1. The van der Waals surface area contributed by atoms with E-state index in [-0.39, 0.29) is 22.9 Å².